The number of ether oxygens (including phenoxy) is 2. The summed E-state index contributed by atoms with van der Waals surface area (Å²) in [7, 11) is 0.313. The first-order valence-corrected chi connectivity index (χ1v) is 11.2. The predicted octanol–water partition coefficient (Wildman–Crippen LogP) is 5.01. The van der Waals surface area contributed by atoms with Crippen LogP contribution in [0.3, 0.4) is 0 Å². The van der Waals surface area contributed by atoms with Crippen molar-refractivity contribution in [1.29, 1.82) is 0 Å². The van der Waals surface area contributed by atoms with Crippen LogP contribution in [0.2, 0.25) is 0 Å². The molecule has 3 aromatic rings. The van der Waals surface area contributed by atoms with E-state index in [0.717, 1.165) is 28.6 Å². The lowest BCUT2D eigenvalue weighted by atomic mass is 10.1. The lowest BCUT2D eigenvalue weighted by Gasteiger charge is -2.16. The summed E-state index contributed by atoms with van der Waals surface area (Å²) in [5, 5.41) is 2.39. The lowest BCUT2D eigenvalue weighted by Crippen LogP contribution is -2.22. The van der Waals surface area contributed by atoms with Crippen LogP contribution in [-0.4, -0.2) is 39.8 Å². The predicted molar refractivity (Wildman–Crippen MR) is 120 cm³/mol. The Balaban J connectivity index is 1.98. The van der Waals surface area contributed by atoms with Gasteiger partial charge in [0.25, 0.3) is 5.91 Å². The molecular formula is C23H21F3N2O5S. The van der Waals surface area contributed by atoms with E-state index in [2.05, 4.69) is 5.32 Å². The lowest BCUT2D eigenvalue weighted by molar-refractivity contribution is -0.137. The molecule has 0 radical (unpaired) electrons. The molecule has 0 aromatic heterocycles. The number of carbonyl (C=O) groups excluding carboxylic acids is 1. The number of halogens is 3. The SMILES string of the molecule is COc1cccc(Oc2ccc(C(F)(F)F)cc2NC(=O)c2cccc(S(=O)(=O)N(C)C)c2)c1. The van der Waals surface area contributed by atoms with Gasteiger partial charge in [-0.3, -0.25) is 4.79 Å². The van der Waals surface area contributed by atoms with Crippen molar-refractivity contribution in [1.82, 2.24) is 4.31 Å². The minimum atomic E-state index is -4.66. The monoisotopic (exact) mass is 494 g/mol. The first-order valence-electron chi connectivity index (χ1n) is 9.79. The van der Waals surface area contributed by atoms with Gasteiger partial charge in [-0.25, -0.2) is 12.7 Å². The molecule has 1 N–H and O–H groups in total. The van der Waals surface area contributed by atoms with E-state index in [1.54, 1.807) is 18.2 Å². The number of sulfonamides is 1. The summed E-state index contributed by atoms with van der Waals surface area (Å²) in [6.07, 6.45) is -4.66. The van der Waals surface area contributed by atoms with Crippen LogP contribution in [0, 0.1) is 0 Å². The molecule has 34 heavy (non-hydrogen) atoms. The van der Waals surface area contributed by atoms with E-state index < -0.39 is 27.7 Å². The van der Waals surface area contributed by atoms with Crippen molar-refractivity contribution < 1.29 is 35.9 Å². The molecule has 0 aliphatic heterocycles. The fourth-order valence-corrected chi connectivity index (χ4v) is 3.84. The van der Waals surface area contributed by atoms with E-state index in [1.165, 1.54) is 45.5 Å². The van der Waals surface area contributed by atoms with Gasteiger partial charge in [-0.05, 0) is 48.5 Å². The molecule has 3 rings (SSSR count). The molecule has 3 aromatic carbocycles. The third kappa shape index (κ3) is 5.67. The number of methoxy groups -OCH3 is 1. The topological polar surface area (TPSA) is 84.9 Å². The fraction of sp³-hybridized carbons (Fsp3) is 0.174. The van der Waals surface area contributed by atoms with Crippen LogP contribution < -0.4 is 14.8 Å². The zero-order valence-electron chi connectivity index (χ0n) is 18.4. The normalized spacial score (nSPS) is 11.9. The van der Waals surface area contributed by atoms with Crippen LogP contribution in [0.1, 0.15) is 15.9 Å². The fourth-order valence-electron chi connectivity index (χ4n) is 2.89. The highest BCUT2D eigenvalue weighted by atomic mass is 32.2. The Hall–Kier alpha value is -3.57. The maximum Gasteiger partial charge on any atom is 0.416 e. The van der Waals surface area contributed by atoms with Crippen LogP contribution in [0.4, 0.5) is 18.9 Å². The molecule has 0 fully saturated rings. The van der Waals surface area contributed by atoms with Crippen molar-refractivity contribution in [2.24, 2.45) is 0 Å². The zero-order chi connectivity index (χ0) is 25.1. The molecule has 0 atom stereocenters. The largest absolute Gasteiger partial charge is 0.497 e. The molecular weight excluding hydrogens is 473 g/mol. The third-order valence-electron chi connectivity index (χ3n) is 4.70. The van der Waals surface area contributed by atoms with Crippen molar-refractivity contribution in [3.05, 3.63) is 77.9 Å². The number of carbonyl (C=O) groups is 1. The van der Waals surface area contributed by atoms with Gasteiger partial charge in [-0.2, -0.15) is 13.2 Å². The molecule has 0 spiro atoms. The highest BCUT2D eigenvalue weighted by Crippen LogP contribution is 2.37. The number of nitrogens with zero attached hydrogens (tertiary/aromatic N) is 1. The van der Waals surface area contributed by atoms with Gasteiger partial charge in [0.05, 0.1) is 23.3 Å². The van der Waals surface area contributed by atoms with Gasteiger partial charge in [-0.15, -0.1) is 0 Å². The summed E-state index contributed by atoms with van der Waals surface area (Å²) in [6.45, 7) is 0. The standard InChI is InChI=1S/C23H21F3N2O5S/c1-28(2)34(30,31)19-9-4-6-15(12-19)22(29)27-20-13-16(23(24,25)26)10-11-21(20)33-18-8-5-7-17(14-18)32-3/h4-14H,1-3H3,(H,27,29). The zero-order valence-corrected chi connectivity index (χ0v) is 19.2. The van der Waals surface area contributed by atoms with E-state index >= 15 is 0 Å². The van der Waals surface area contributed by atoms with Gasteiger partial charge in [0.15, 0.2) is 5.75 Å². The summed E-state index contributed by atoms with van der Waals surface area (Å²) >= 11 is 0. The van der Waals surface area contributed by atoms with E-state index in [4.69, 9.17) is 9.47 Å². The molecule has 11 heteroatoms. The summed E-state index contributed by atoms with van der Waals surface area (Å²) in [5.74, 6) is -0.125. The molecule has 0 heterocycles. The van der Waals surface area contributed by atoms with Crippen LogP contribution >= 0.6 is 0 Å². The minimum Gasteiger partial charge on any atom is -0.497 e. The second-order valence-corrected chi connectivity index (χ2v) is 9.41. The van der Waals surface area contributed by atoms with Gasteiger partial charge in [-0.1, -0.05) is 12.1 Å². The average Bonchev–Trinajstić information content (AvgIpc) is 2.79. The van der Waals surface area contributed by atoms with Crippen molar-refractivity contribution >= 4 is 21.6 Å². The Labute approximate surface area is 194 Å². The molecule has 0 aliphatic carbocycles. The van der Waals surface area contributed by atoms with Crippen molar-refractivity contribution in [3.63, 3.8) is 0 Å². The van der Waals surface area contributed by atoms with Crippen LogP contribution in [0.15, 0.2) is 71.6 Å². The number of anilines is 1. The molecule has 0 bridgehead atoms. The number of alkyl halides is 3. The van der Waals surface area contributed by atoms with Gasteiger partial charge >= 0.3 is 6.18 Å². The maximum absolute atomic E-state index is 13.3. The summed E-state index contributed by atoms with van der Waals surface area (Å²) in [4.78, 5) is 12.7. The summed E-state index contributed by atoms with van der Waals surface area (Å²) in [5.41, 5.74) is -1.30. The Bertz CT molecular complexity index is 1310. The Morgan fingerprint density at radius 1 is 0.941 bits per heavy atom. The second-order valence-electron chi connectivity index (χ2n) is 7.26. The Kier molecular flexibility index (Phi) is 7.18. The molecule has 0 saturated heterocycles. The molecule has 0 aliphatic rings. The first kappa shape index (κ1) is 25.1. The van der Waals surface area contributed by atoms with Crippen molar-refractivity contribution in [2.75, 3.05) is 26.5 Å². The van der Waals surface area contributed by atoms with Gasteiger partial charge < -0.3 is 14.8 Å². The van der Waals surface area contributed by atoms with Crippen LogP contribution in [0.5, 0.6) is 17.2 Å². The highest BCUT2D eigenvalue weighted by Gasteiger charge is 2.31. The average molecular weight is 494 g/mol. The molecule has 180 valence electrons. The minimum absolute atomic E-state index is 0.0494. The van der Waals surface area contributed by atoms with E-state index in [1.807, 2.05) is 0 Å². The molecule has 7 nitrogen and oxygen atoms in total. The quantitative estimate of drug-likeness (QED) is 0.499. The van der Waals surface area contributed by atoms with E-state index in [9.17, 15) is 26.4 Å². The van der Waals surface area contributed by atoms with E-state index in [-0.39, 0.29) is 27.6 Å². The van der Waals surface area contributed by atoms with Gasteiger partial charge in [0.2, 0.25) is 10.0 Å². The number of amides is 1. The summed E-state index contributed by atoms with van der Waals surface area (Å²) < 4.78 is 76.4. The van der Waals surface area contributed by atoms with Crippen LogP contribution in [0.25, 0.3) is 0 Å². The highest BCUT2D eigenvalue weighted by molar-refractivity contribution is 7.89. The number of benzene rings is 3. The maximum atomic E-state index is 13.3. The van der Waals surface area contributed by atoms with Crippen molar-refractivity contribution in [2.45, 2.75) is 11.1 Å². The number of hydrogen-bond acceptors (Lipinski definition) is 5. The van der Waals surface area contributed by atoms with Crippen LogP contribution in [-0.2, 0) is 16.2 Å². The molecule has 0 saturated carbocycles. The second kappa shape index (κ2) is 9.74. The third-order valence-corrected chi connectivity index (χ3v) is 6.51. The smallest absolute Gasteiger partial charge is 0.416 e. The number of hydrogen-bond donors (Lipinski definition) is 1. The molecule has 1 amide bonds. The van der Waals surface area contributed by atoms with Crippen molar-refractivity contribution in [3.8, 4) is 17.2 Å². The Morgan fingerprint density at radius 2 is 1.62 bits per heavy atom. The Morgan fingerprint density at radius 3 is 2.26 bits per heavy atom. The summed E-state index contributed by atoms with van der Waals surface area (Å²) in [6, 6.07) is 14.2. The van der Waals surface area contributed by atoms with Gasteiger partial charge in [0, 0.05) is 25.7 Å². The number of rotatable bonds is 7. The van der Waals surface area contributed by atoms with Gasteiger partial charge in [0.1, 0.15) is 11.5 Å². The first-order chi connectivity index (χ1) is 15.9. The number of nitrogens with one attached hydrogen (secondary N) is 1. The van der Waals surface area contributed by atoms with E-state index in [0.29, 0.717) is 5.75 Å². The molecule has 0 unspecified atom stereocenters.